The van der Waals surface area contributed by atoms with Crippen LogP contribution in [0.2, 0.25) is 0 Å². The molecule has 0 N–H and O–H groups in total. The number of para-hydroxylation sites is 2. The van der Waals surface area contributed by atoms with Gasteiger partial charge in [0.15, 0.2) is 0 Å². The molecule has 0 bridgehead atoms. The van der Waals surface area contributed by atoms with E-state index in [0.717, 1.165) is 22.3 Å². The lowest BCUT2D eigenvalue weighted by molar-refractivity contribution is -0.141. The summed E-state index contributed by atoms with van der Waals surface area (Å²) in [4.78, 5) is 11.6. The zero-order valence-electron chi connectivity index (χ0n) is 20.1. The van der Waals surface area contributed by atoms with Crippen LogP contribution < -0.4 is 14.2 Å². The van der Waals surface area contributed by atoms with Gasteiger partial charge in [-0.2, -0.15) is 0 Å². The van der Waals surface area contributed by atoms with Gasteiger partial charge in [-0.25, -0.2) is 4.79 Å². The van der Waals surface area contributed by atoms with Gasteiger partial charge in [-0.15, -0.1) is 0 Å². The van der Waals surface area contributed by atoms with Crippen LogP contribution in [-0.4, -0.2) is 32.1 Å². The third-order valence-corrected chi connectivity index (χ3v) is 5.15. The van der Waals surface area contributed by atoms with Crippen LogP contribution in [0, 0.1) is 0 Å². The highest BCUT2D eigenvalue weighted by atomic mass is 16.7. The van der Waals surface area contributed by atoms with E-state index in [2.05, 4.69) is 6.58 Å². The number of esters is 1. The molecule has 0 spiro atoms. The maximum Gasteiger partial charge on any atom is 0.333 e. The molecule has 1 atom stereocenters. The minimum Gasteiger partial charge on any atom is -0.460 e. The molecule has 4 aromatic rings. The van der Waals surface area contributed by atoms with Crippen molar-refractivity contribution < 1.29 is 28.5 Å². The molecule has 6 nitrogen and oxygen atoms in total. The Morgan fingerprint density at radius 3 is 1.97 bits per heavy atom. The summed E-state index contributed by atoms with van der Waals surface area (Å²) in [6.45, 7) is 5.59. The number of carbonyl (C=O) groups excluding carboxylic acids is 1. The molecule has 0 amide bonds. The van der Waals surface area contributed by atoms with E-state index < -0.39 is 12.3 Å². The number of ether oxygens (including phenoxy) is 5. The van der Waals surface area contributed by atoms with Gasteiger partial charge in [0.25, 0.3) is 6.29 Å². The molecule has 6 heteroatoms. The molecule has 0 saturated carbocycles. The van der Waals surface area contributed by atoms with Crippen molar-refractivity contribution >= 4 is 16.7 Å². The first-order valence-electron chi connectivity index (χ1n) is 11.6. The number of benzene rings is 4. The molecule has 0 aromatic heterocycles. The van der Waals surface area contributed by atoms with E-state index in [1.165, 1.54) is 0 Å². The second kappa shape index (κ2) is 12.4. The molecule has 0 aliphatic heterocycles. The average Bonchev–Trinajstić information content (AvgIpc) is 2.90. The Morgan fingerprint density at radius 2 is 1.31 bits per heavy atom. The van der Waals surface area contributed by atoms with Gasteiger partial charge in [0.05, 0.1) is 6.61 Å². The van der Waals surface area contributed by atoms with Gasteiger partial charge in [-0.05, 0) is 43.3 Å². The molecule has 4 rings (SSSR count). The monoisotopic (exact) mass is 484 g/mol. The molecule has 4 aromatic carbocycles. The lowest BCUT2D eigenvalue weighted by Gasteiger charge is -2.22. The van der Waals surface area contributed by atoms with Crippen molar-refractivity contribution in [3.63, 3.8) is 0 Å². The van der Waals surface area contributed by atoms with Crippen molar-refractivity contribution in [1.29, 1.82) is 0 Å². The Hall–Kier alpha value is -4.29. The van der Waals surface area contributed by atoms with Crippen LogP contribution in [0.25, 0.3) is 10.8 Å². The van der Waals surface area contributed by atoms with Crippen LogP contribution in [0.3, 0.4) is 0 Å². The molecule has 0 saturated heterocycles. The molecule has 0 aliphatic carbocycles. The Kier molecular flexibility index (Phi) is 8.57. The second-order valence-corrected chi connectivity index (χ2v) is 7.99. The third kappa shape index (κ3) is 6.87. The van der Waals surface area contributed by atoms with Gasteiger partial charge >= 0.3 is 5.97 Å². The van der Waals surface area contributed by atoms with Gasteiger partial charge in [-0.1, -0.05) is 67.2 Å². The van der Waals surface area contributed by atoms with E-state index in [0.29, 0.717) is 17.1 Å². The van der Waals surface area contributed by atoms with E-state index in [9.17, 15) is 4.79 Å². The lowest BCUT2D eigenvalue weighted by Crippen LogP contribution is -2.30. The molecular weight excluding hydrogens is 456 g/mol. The standard InChI is InChI=1S/C30H28O6/c1-22(2)30(31)33-20-19-32-21-29(35-24-13-7-4-8-14-24)36-28-18-17-27(25-15-9-10-16-26(25)28)34-23-11-5-3-6-12-23/h3-18,29H,1,19-21H2,2H3. The molecule has 0 aliphatic rings. The summed E-state index contributed by atoms with van der Waals surface area (Å²) >= 11 is 0. The minimum atomic E-state index is -0.742. The first-order chi connectivity index (χ1) is 17.6. The van der Waals surface area contributed by atoms with Crippen molar-refractivity contribution in [3.8, 4) is 23.0 Å². The SMILES string of the molecule is C=C(C)C(=O)OCCOCC(Oc1ccccc1)Oc1ccc(Oc2ccccc2)c2ccccc12. The highest BCUT2D eigenvalue weighted by Gasteiger charge is 2.17. The zero-order chi connectivity index (χ0) is 25.2. The highest BCUT2D eigenvalue weighted by Crippen LogP contribution is 2.36. The molecule has 0 radical (unpaired) electrons. The average molecular weight is 485 g/mol. The van der Waals surface area contributed by atoms with Gasteiger partial charge in [0.2, 0.25) is 0 Å². The number of hydrogen-bond acceptors (Lipinski definition) is 6. The minimum absolute atomic E-state index is 0.109. The Balaban J connectivity index is 1.50. The summed E-state index contributed by atoms with van der Waals surface area (Å²) in [7, 11) is 0. The fraction of sp³-hybridized carbons (Fsp3) is 0.167. The van der Waals surface area contributed by atoms with Gasteiger partial charge in [-0.3, -0.25) is 0 Å². The molecule has 36 heavy (non-hydrogen) atoms. The Morgan fingerprint density at radius 1 is 0.722 bits per heavy atom. The quantitative estimate of drug-likeness (QED) is 0.0983. The van der Waals surface area contributed by atoms with Crippen LogP contribution in [0.5, 0.6) is 23.0 Å². The van der Waals surface area contributed by atoms with E-state index in [-0.39, 0.29) is 19.8 Å². The molecule has 184 valence electrons. The predicted octanol–water partition coefficient (Wildman–Crippen LogP) is 6.55. The summed E-state index contributed by atoms with van der Waals surface area (Å²) in [5.41, 5.74) is 0.343. The summed E-state index contributed by atoms with van der Waals surface area (Å²) in [6.07, 6.45) is -0.742. The molecular formula is C30H28O6. The zero-order valence-corrected chi connectivity index (χ0v) is 20.1. The molecule has 0 heterocycles. The lowest BCUT2D eigenvalue weighted by atomic mass is 10.1. The highest BCUT2D eigenvalue weighted by molar-refractivity contribution is 5.93. The first kappa shape index (κ1) is 24.8. The van der Waals surface area contributed by atoms with Crippen molar-refractivity contribution in [2.45, 2.75) is 13.2 Å². The van der Waals surface area contributed by atoms with Crippen molar-refractivity contribution in [2.75, 3.05) is 19.8 Å². The van der Waals surface area contributed by atoms with Crippen LogP contribution in [-0.2, 0) is 14.3 Å². The summed E-state index contributed by atoms with van der Waals surface area (Å²) in [5.74, 6) is 2.30. The molecule has 1 unspecified atom stereocenters. The third-order valence-electron chi connectivity index (χ3n) is 5.15. The molecule has 0 fully saturated rings. The summed E-state index contributed by atoms with van der Waals surface area (Å²) in [6, 6.07) is 30.6. The number of hydrogen-bond donors (Lipinski definition) is 0. The smallest absolute Gasteiger partial charge is 0.333 e. The number of fused-ring (bicyclic) bond motifs is 1. The van der Waals surface area contributed by atoms with Crippen LogP contribution in [0.4, 0.5) is 0 Å². The summed E-state index contributed by atoms with van der Waals surface area (Å²) in [5, 5.41) is 1.79. The van der Waals surface area contributed by atoms with Crippen LogP contribution >= 0.6 is 0 Å². The van der Waals surface area contributed by atoms with Crippen molar-refractivity contribution in [3.05, 3.63) is 109 Å². The Bertz CT molecular complexity index is 1290. The Labute approximate surface area is 210 Å². The maximum absolute atomic E-state index is 11.6. The van der Waals surface area contributed by atoms with Crippen molar-refractivity contribution in [2.24, 2.45) is 0 Å². The summed E-state index contributed by atoms with van der Waals surface area (Å²) < 4.78 is 29.2. The number of carbonyl (C=O) groups is 1. The first-order valence-corrected chi connectivity index (χ1v) is 11.6. The van der Waals surface area contributed by atoms with E-state index >= 15 is 0 Å². The van der Waals surface area contributed by atoms with Crippen LogP contribution in [0.15, 0.2) is 109 Å². The topological polar surface area (TPSA) is 63.2 Å². The fourth-order valence-electron chi connectivity index (χ4n) is 3.43. The van der Waals surface area contributed by atoms with Gasteiger partial charge < -0.3 is 23.7 Å². The van der Waals surface area contributed by atoms with Gasteiger partial charge in [0, 0.05) is 16.3 Å². The van der Waals surface area contributed by atoms with Crippen molar-refractivity contribution in [1.82, 2.24) is 0 Å². The van der Waals surface area contributed by atoms with E-state index in [1.54, 1.807) is 6.92 Å². The largest absolute Gasteiger partial charge is 0.460 e. The number of rotatable bonds is 12. The van der Waals surface area contributed by atoms with Crippen LogP contribution in [0.1, 0.15) is 6.92 Å². The fourth-order valence-corrected chi connectivity index (χ4v) is 3.43. The second-order valence-electron chi connectivity index (χ2n) is 7.99. The maximum atomic E-state index is 11.6. The normalized spacial score (nSPS) is 11.5. The van der Waals surface area contributed by atoms with Gasteiger partial charge in [0.1, 0.15) is 36.2 Å². The van der Waals surface area contributed by atoms with E-state index in [4.69, 9.17) is 23.7 Å². The van der Waals surface area contributed by atoms with E-state index in [1.807, 2.05) is 97.1 Å². The predicted molar refractivity (Wildman–Crippen MR) is 139 cm³/mol.